The average Bonchev–Trinajstić information content (AvgIpc) is 3.01. The maximum absolute atomic E-state index is 5.86. The lowest BCUT2D eigenvalue weighted by molar-refractivity contribution is 0.174. The van der Waals surface area contributed by atoms with Crippen molar-refractivity contribution in [2.75, 3.05) is 6.79 Å². The first-order valence-corrected chi connectivity index (χ1v) is 6.13. The number of hydrogen-bond acceptors (Lipinski definition) is 4. The SMILES string of the molecule is Clc1ccc(-c2nc3cc4c(cc3o2)OCO4)cc1. The number of halogens is 1. The molecule has 0 saturated carbocycles. The van der Waals surface area contributed by atoms with Gasteiger partial charge in [0.15, 0.2) is 17.1 Å². The Kier molecular flexibility index (Phi) is 2.19. The van der Waals surface area contributed by atoms with E-state index >= 15 is 0 Å². The van der Waals surface area contributed by atoms with Crippen LogP contribution in [0.5, 0.6) is 11.5 Å². The van der Waals surface area contributed by atoms with Gasteiger partial charge in [-0.15, -0.1) is 0 Å². The summed E-state index contributed by atoms with van der Waals surface area (Å²) >= 11 is 5.86. The molecule has 0 aliphatic carbocycles. The number of rotatable bonds is 1. The summed E-state index contributed by atoms with van der Waals surface area (Å²) in [4.78, 5) is 4.44. The van der Waals surface area contributed by atoms with E-state index in [1.165, 1.54) is 0 Å². The predicted octanol–water partition coefficient (Wildman–Crippen LogP) is 3.88. The molecule has 0 unspecified atom stereocenters. The first-order valence-electron chi connectivity index (χ1n) is 5.76. The van der Waals surface area contributed by atoms with Gasteiger partial charge in [0, 0.05) is 22.7 Å². The third-order valence-electron chi connectivity index (χ3n) is 2.97. The molecule has 2 aromatic carbocycles. The lowest BCUT2D eigenvalue weighted by Gasteiger charge is -1.94. The first kappa shape index (κ1) is 10.7. The Morgan fingerprint density at radius 3 is 2.53 bits per heavy atom. The molecule has 4 nitrogen and oxygen atoms in total. The molecule has 0 N–H and O–H groups in total. The smallest absolute Gasteiger partial charge is 0.231 e. The van der Waals surface area contributed by atoms with Crippen molar-refractivity contribution in [2.24, 2.45) is 0 Å². The van der Waals surface area contributed by atoms with Crippen LogP contribution in [0.15, 0.2) is 40.8 Å². The van der Waals surface area contributed by atoms with Crippen LogP contribution in [0.2, 0.25) is 5.02 Å². The Morgan fingerprint density at radius 2 is 1.74 bits per heavy atom. The molecular weight excluding hydrogens is 266 g/mol. The second-order valence-electron chi connectivity index (χ2n) is 4.20. The van der Waals surface area contributed by atoms with Crippen molar-refractivity contribution in [3.8, 4) is 23.0 Å². The fraction of sp³-hybridized carbons (Fsp3) is 0.0714. The number of aromatic nitrogens is 1. The van der Waals surface area contributed by atoms with Crippen LogP contribution in [0.25, 0.3) is 22.6 Å². The van der Waals surface area contributed by atoms with Gasteiger partial charge in [0.1, 0.15) is 5.52 Å². The maximum atomic E-state index is 5.86. The Balaban J connectivity index is 1.86. The van der Waals surface area contributed by atoms with E-state index in [0.717, 1.165) is 11.1 Å². The first-order chi connectivity index (χ1) is 9.29. The van der Waals surface area contributed by atoms with Gasteiger partial charge in [0.2, 0.25) is 12.7 Å². The molecule has 0 saturated heterocycles. The van der Waals surface area contributed by atoms with Crippen LogP contribution in [0, 0.1) is 0 Å². The number of oxazole rings is 1. The van der Waals surface area contributed by atoms with Gasteiger partial charge in [-0.2, -0.15) is 0 Å². The fourth-order valence-corrected chi connectivity index (χ4v) is 2.16. The second-order valence-corrected chi connectivity index (χ2v) is 4.64. The Labute approximate surface area is 113 Å². The van der Waals surface area contributed by atoms with Crippen LogP contribution in [0.4, 0.5) is 0 Å². The van der Waals surface area contributed by atoms with E-state index in [-0.39, 0.29) is 6.79 Å². The minimum atomic E-state index is 0.242. The van der Waals surface area contributed by atoms with Crippen molar-refractivity contribution >= 4 is 22.7 Å². The van der Waals surface area contributed by atoms with Crippen molar-refractivity contribution in [3.05, 3.63) is 41.4 Å². The van der Waals surface area contributed by atoms with Crippen molar-refractivity contribution in [1.82, 2.24) is 4.98 Å². The molecule has 5 heteroatoms. The monoisotopic (exact) mass is 273 g/mol. The highest BCUT2D eigenvalue weighted by Gasteiger charge is 2.17. The number of ether oxygens (including phenoxy) is 2. The molecule has 2 heterocycles. The normalized spacial score (nSPS) is 13.1. The van der Waals surface area contributed by atoms with E-state index in [1.807, 2.05) is 18.2 Å². The van der Waals surface area contributed by atoms with Crippen LogP contribution < -0.4 is 9.47 Å². The third kappa shape index (κ3) is 1.72. The average molecular weight is 274 g/mol. The van der Waals surface area contributed by atoms with Gasteiger partial charge in [-0.05, 0) is 24.3 Å². The Bertz CT molecular complexity index is 723. The van der Waals surface area contributed by atoms with Crippen LogP contribution in [-0.2, 0) is 0 Å². The molecule has 1 aliphatic heterocycles. The second kappa shape index (κ2) is 3.90. The highest BCUT2D eigenvalue weighted by Crippen LogP contribution is 2.37. The maximum Gasteiger partial charge on any atom is 0.231 e. The standard InChI is InChI=1S/C14H8ClNO3/c15-9-3-1-8(2-4-9)14-16-10-5-12-13(18-7-17-12)6-11(10)19-14/h1-6H,7H2. The van der Waals surface area contributed by atoms with Crippen molar-refractivity contribution in [1.29, 1.82) is 0 Å². The molecule has 0 bridgehead atoms. The molecule has 19 heavy (non-hydrogen) atoms. The minimum absolute atomic E-state index is 0.242. The lowest BCUT2D eigenvalue weighted by Crippen LogP contribution is -1.92. The molecule has 3 aromatic rings. The summed E-state index contributed by atoms with van der Waals surface area (Å²) < 4.78 is 16.4. The summed E-state index contributed by atoms with van der Waals surface area (Å²) in [6, 6.07) is 11.0. The van der Waals surface area contributed by atoms with E-state index in [4.69, 9.17) is 25.5 Å². The highest BCUT2D eigenvalue weighted by molar-refractivity contribution is 6.30. The topological polar surface area (TPSA) is 44.5 Å². The quantitative estimate of drug-likeness (QED) is 0.675. The highest BCUT2D eigenvalue weighted by atomic mass is 35.5. The number of fused-ring (bicyclic) bond motifs is 2. The van der Waals surface area contributed by atoms with Gasteiger partial charge in [0.25, 0.3) is 0 Å². The largest absolute Gasteiger partial charge is 0.454 e. The van der Waals surface area contributed by atoms with Gasteiger partial charge in [0.05, 0.1) is 0 Å². The number of hydrogen-bond donors (Lipinski definition) is 0. The zero-order valence-electron chi connectivity index (χ0n) is 9.72. The van der Waals surface area contributed by atoms with Crippen LogP contribution in [0.1, 0.15) is 0 Å². The molecule has 0 spiro atoms. The van der Waals surface area contributed by atoms with Crippen LogP contribution >= 0.6 is 11.6 Å². The third-order valence-corrected chi connectivity index (χ3v) is 3.23. The number of benzene rings is 2. The van der Waals surface area contributed by atoms with E-state index in [2.05, 4.69) is 4.98 Å². The fourth-order valence-electron chi connectivity index (χ4n) is 2.03. The summed E-state index contributed by atoms with van der Waals surface area (Å²) in [5, 5.41) is 0.681. The molecule has 0 atom stereocenters. The zero-order valence-corrected chi connectivity index (χ0v) is 10.5. The van der Waals surface area contributed by atoms with Crippen molar-refractivity contribution in [3.63, 3.8) is 0 Å². The number of nitrogens with zero attached hydrogens (tertiary/aromatic N) is 1. The summed E-state index contributed by atoms with van der Waals surface area (Å²) in [6.07, 6.45) is 0. The minimum Gasteiger partial charge on any atom is -0.454 e. The predicted molar refractivity (Wildman–Crippen MR) is 70.6 cm³/mol. The molecule has 1 aromatic heterocycles. The summed E-state index contributed by atoms with van der Waals surface area (Å²) in [5.41, 5.74) is 2.30. The lowest BCUT2D eigenvalue weighted by atomic mass is 10.2. The molecule has 4 rings (SSSR count). The Hall–Kier alpha value is -2.20. The van der Waals surface area contributed by atoms with E-state index in [9.17, 15) is 0 Å². The van der Waals surface area contributed by atoms with Gasteiger partial charge >= 0.3 is 0 Å². The molecule has 0 radical (unpaired) electrons. The summed E-state index contributed by atoms with van der Waals surface area (Å²) in [7, 11) is 0. The van der Waals surface area contributed by atoms with Crippen molar-refractivity contribution in [2.45, 2.75) is 0 Å². The molecule has 1 aliphatic rings. The summed E-state index contributed by atoms with van der Waals surface area (Å²) in [6.45, 7) is 0.242. The zero-order chi connectivity index (χ0) is 12.8. The van der Waals surface area contributed by atoms with Gasteiger partial charge in [-0.25, -0.2) is 4.98 Å². The van der Waals surface area contributed by atoms with E-state index in [1.54, 1.807) is 18.2 Å². The van der Waals surface area contributed by atoms with Gasteiger partial charge in [-0.1, -0.05) is 11.6 Å². The molecular formula is C14H8ClNO3. The molecule has 0 fully saturated rings. The van der Waals surface area contributed by atoms with Crippen LogP contribution in [0.3, 0.4) is 0 Å². The van der Waals surface area contributed by atoms with Gasteiger partial charge < -0.3 is 13.9 Å². The Morgan fingerprint density at radius 1 is 1.00 bits per heavy atom. The molecule has 0 amide bonds. The summed E-state index contributed by atoms with van der Waals surface area (Å²) in [5.74, 6) is 1.94. The molecule has 94 valence electrons. The van der Waals surface area contributed by atoms with Crippen molar-refractivity contribution < 1.29 is 13.9 Å². The van der Waals surface area contributed by atoms with Crippen LogP contribution in [-0.4, -0.2) is 11.8 Å². The van der Waals surface area contributed by atoms with Gasteiger partial charge in [-0.3, -0.25) is 0 Å². The van der Waals surface area contributed by atoms with E-state index in [0.29, 0.717) is 28.0 Å². The van der Waals surface area contributed by atoms with E-state index < -0.39 is 0 Å².